The molecule has 0 unspecified atom stereocenters. The highest BCUT2D eigenvalue weighted by molar-refractivity contribution is 6.62. The summed E-state index contributed by atoms with van der Waals surface area (Å²) in [5, 5.41) is 2.47. The Hall–Kier alpha value is 0.0569. The predicted molar refractivity (Wildman–Crippen MR) is 33.0 cm³/mol. The molecule has 4 nitrogen and oxygen atoms in total. The second-order valence-corrected chi connectivity index (χ2v) is 4.49. The molecule has 0 aromatic carbocycles. The van der Waals surface area contributed by atoms with Gasteiger partial charge in [0.2, 0.25) is 0 Å². The molecule has 0 saturated carbocycles. The van der Waals surface area contributed by atoms with Crippen LogP contribution in [-0.2, 0) is 8.85 Å². The van der Waals surface area contributed by atoms with Gasteiger partial charge in [0.25, 0.3) is 0 Å². The quantitative estimate of drug-likeness (QED) is 0.306. The van der Waals surface area contributed by atoms with E-state index >= 15 is 0 Å². The Morgan fingerprint density at radius 1 is 1.38 bits per heavy atom. The summed E-state index contributed by atoms with van der Waals surface area (Å²) >= 11 is 0. The minimum Gasteiger partial charge on any atom is -0.386 e. The normalized spacial score (nSPS) is 12.0. The first-order valence-electron chi connectivity index (χ1n) is 2.26. The van der Waals surface area contributed by atoms with Crippen molar-refractivity contribution >= 4 is 8.72 Å². The van der Waals surface area contributed by atoms with Crippen molar-refractivity contribution in [1.29, 1.82) is 0 Å². The van der Waals surface area contributed by atoms with Crippen molar-refractivity contribution in [3.8, 4) is 0 Å². The molecule has 0 saturated heterocycles. The summed E-state index contributed by atoms with van der Waals surface area (Å²) in [5.41, 5.74) is 0. The van der Waals surface area contributed by atoms with E-state index in [1.807, 2.05) is 6.55 Å². The monoisotopic (exact) mass is 136 g/mol. The minimum absolute atomic E-state index is 1.57. The molecule has 50 valence electrons. The maximum atomic E-state index is 5.09. The first kappa shape index (κ1) is 8.06. The zero-order valence-corrected chi connectivity index (χ0v) is 6.39. The van der Waals surface area contributed by atoms with Gasteiger partial charge in [-0.15, -0.1) is 0 Å². The van der Waals surface area contributed by atoms with Gasteiger partial charge in [-0.05, 0) is 6.55 Å². The zero-order valence-electron chi connectivity index (χ0n) is 5.39. The van der Waals surface area contributed by atoms with E-state index in [9.17, 15) is 0 Å². The molecule has 8 heavy (non-hydrogen) atoms. The number of hydrogen-bond donors (Lipinski definition) is 2. The van der Waals surface area contributed by atoms with E-state index in [4.69, 9.17) is 14.7 Å². The van der Waals surface area contributed by atoms with E-state index in [-0.39, 0.29) is 0 Å². The van der Waals surface area contributed by atoms with Gasteiger partial charge in [-0.2, -0.15) is 0 Å². The highest BCUT2D eigenvalue weighted by atomic mass is 28.4. The van der Waals surface area contributed by atoms with E-state index in [2.05, 4.69) is 5.09 Å². The van der Waals surface area contributed by atoms with Gasteiger partial charge in [-0.3, -0.25) is 5.84 Å². The Bertz CT molecular complexity index is 58.0. The molecule has 0 bridgehead atoms. The number of hydrazine groups is 1. The summed E-state index contributed by atoms with van der Waals surface area (Å²) in [6.07, 6.45) is 0. The maximum absolute atomic E-state index is 5.09. The summed E-state index contributed by atoms with van der Waals surface area (Å²) in [6.45, 7) is 1.81. The van der Waals surface area contributed by atoms with Crippen molar-refractivity contribution in [2.45, 2.75) is 6.55 Å². The van der Waals surface area contributed by atoms with Crippen LogP contribution in [0.15, 0.2) is 0 Å². The van der Waals surface area contributed by atoms with Crippen molar-refractivity contribution in [3.63, 3.8) is 0 Å². The molecule has 0 amide bonds. The van der Waals surface area contributed by atoms with Gasteiger partial charge in [0.1, 0.15) is 0 Å². The Morgan fingerprint density at radius 2 is 1.75 bits per heavy atom. The average Bonchev–Trinajstić information content (AvgIpc) is 1.87. The van der Waals surface area contributed by atoms with Crippen LogP contribution in [0.1, 0.15) is 0 Å². The Labute approximate surface area is 50.3 Å². The van der Waals surface area contributed by atoms with E-state index < -0.39 is 8.72 Å². The molecule has 0 rings (SSSR count). The molecule has 0 atom stereocenters. The third kappa shape index (κ3) is 1.89. The predicted octanol–water partition coefficient (Wildman–Crippen LogP) is -0.689. The average molecular weight is 136 g/mol. The van der Waals surface area contributed by atoms with Crippen LogP contribution in [0.3, 0.4) is 0 Å². The molecule has 0 aliphatic rings. The summed E-state index contributed by atoms with van der Waals surface area (Å²) < 4.78 is 9.83. The van der Waals surface area contributed by atoms with Crippen molar-refractivity contribution < 1.29 is 8.85 Å². The van der Waals surface area contributed by atoms with Crippen LogP contribution in [0.2, 0.25) is 6.55 Å². The van der Waals surface area contributed by atoms with E-state index in [1.165, 1.54) is 0 Å². The van der Waals surface area contributed by atoms with E-state index in [0.717, 1.165) is 0 Å². The largest absolute Gasteiger partial charge is 0.434 e. The van der Waals surface area contributed by atoms with Crippen LogP contribution >= 0.6 is 0 Å². The van der Waals surface area contributed by atoms with Gasteiger partial charge in [0.05, 0.1) is 0 Å². The molecule has 5 heteroatoms. The highest BCUT2D eigenvalue weighted by Crippen LogP contribution is 1.94. The first-order chi connectivity index (χ1) is 3.68. The number of nitrogens with one attached hydrogen (secondary N) is 1. The van der Waals surface area contributed by atoms with Gasteiger partial charge in [0, 0.05) is 14.2 Å². The lowest BCUT2D eigenvalue weighted by atomic mass is 11.8. The van der Waals surface area contributed by atoms with Gasteiger partial charge < -0.3 is 8.85 Å². The van der Waals surface area contributed by atoms with Gasteiger partial charge in [-0.1, -0.05) is 0 Å². The lowest BCUT2D eigenvalue weighted by Gasteiger charge is -2.19. The molecule has 0 fully saturated rings. The second kappa shape index (κ2) is 3.16. The molecule has 0 aromatic heterocycles. The molecule has 0 heterocycles. The van der Waals surface area contributed by atoms with Crippen molar-refractivity contribution in [3.05, 3.63) is 0 Å². The fraction of sp³-hybridized carbons (Fsp3) is 1.00. The van der Waals surface area contributed by atoms with Crippen molar-refractivity contribution in [2.75, 3.05) is 14.2 Å². The van der Waals surface area contributed by atoms with Crippen molar-refractivity contribution in [2.24, 2.45) is 5.84 Å². The molecule has 0 spiro atoms. The topological polar surface area (TPSA) is 56.5 Å². The fourth-order valence-corrected chi connectivity index (χ4v) is 0.604. The lowest BCUT2D eigenvalue weighted by molar-refractivity contribution is 0.236. The Morgan fingerprint density at radius 3 is 1.75 bits per heavy atom. The molecule has 3 N–H and O–H groups in total. The van der Waals surface area contributed by atoms with Gasteiger partial charge in [0.15, 0.2) is 0 Å². The van der Waals surface area contributed by atoms with Crippen LogP contribution in [0.5, 0.6) is 0 Å². The number of nitrogens with two attached hydrogens (primary N) is 1. The summed E-state index contributed by atoms with van der Waals surface area (Å²) in [6, 6.07) is 0. The Balaban J connectivity index is 3.58. The molecular weight excluding hydrogens is 124 g/mol. The second-order valence-electron chi connectivity index (χ2n) is 1.50. The van der Waals surface area contributed by atoms with Crippen molar-refractivity contribution in [1.82, 2.24) is 5.09 Å². The standard InChI is InChI=1S/C3H12N2O2Si/c1-6-8(3,5-4)7-2/h5H,4H2,1-3H3. The maximum Gasteiger partial charge on any atom is 0.434 e. The van der Waals surface area contributed by atoms with E-state index in [1.54, 1.807) is 14.2 Å². The molecule has 0 radical (unpaired) electrons. The van der Waals surface area contributed by atoms with Crippen LogP contribution in [0.4, 0.5) is 0 Å². The van der Waals surface area contributed by atoms with E-state index in [0.29, 0.717) is 0 Å². The molecular formula is C3H12N2O2Si. The molecule has 0 aromatic rings. The molecule has 0 aliphatic carbocycles. The van der Waals surface area contributed by atoms with Crippen LogP contribution in [-0.4, -0.2) is 22.9 Å². The molecule has 0 aliphatic heterocycles. The Kier molecular flexibility index (Phi) is 3.18. The van der Waals surface area contributed by atoms with Crippen LogP contribution in [0.25, 0.3) is 0 Å². The smallest absolute Gasteiger partial charge is 0.386 e. The minimum atomic E-state index is -2.14. The zero-order chi connectivity index (χ0) is 6.62. The third-order valence-electron chi connectivity index (χ3n) is 1.04. The summed E-state index contributed by atoms with van der Waals surface area (Å²) in [5.74, 6) is 5.09. The highest BCUT2D eigenvalue weighted by Gasteiger charge is 2.26. The van der Waals surface area contributed by atoms with Crippen LogP contribution in [0, 0.1) is 0 Å². The van der Waals surface area contributed by atoms with Gasteiger partial charge >= 0.3 is 8.72 Å². The number of hydrogen-bond acceptors (Lipinski definition) is 4. The third-order valence-corrected chi connectivity index (χ3v) is 3.12. The summed E-state index contributed by atoms with van der Waals surface area (Å²) in [7, 11) is 0.987. The lowest BCUT2D eigenvalue weighted by Crippen LogP contribution is -2.55. The SMILES string of the molecule is CO[Si](C)(NN)OC. The van der Waals surface area contributed by atoms with Gasteiger partial charge in [-0.25, -0.2) is 5.09 Å². The fourth-order valence-electron chi connectivity index (χ4n) is 0.201. The van der Waals surface area contributed by atoms with Crippen LogP contribution < -0.4 is 10.9 Å². The first-order valence-corrected chi connectivity index (χ1v) is 4.58. The number of rotatable bonds is 3. The summed E-state index contributed by atoms with van der Waals surface area (Å²) in [4.78, 5) is 0.